The summed E-state index contributed by atoms with van der Waals surface area (Å²) in [7, 11) is 0. The minimum Gasteiger partial charge on any atom is -0.425 e. The van der Waals surface area contributed by atoms with Crippen LogP contribution in [-0.2, 0) is 13.0 Å². The van der Waals surface area contributed by atoms with Gasteiger partial charge < -0.3 is 4.42 Å². The number of likely N-dealkylation sites (tertiary alicyclic amines) is 1. The average Bonchev–Trinajstić information content (AvgIpc) is 3.26. The predicted octanol–water partition coefficient (Wildman–Crippen LogP) is 3.04. The van der Waals surface area contributed by atoms with Crippen molar-refractivity contribution >= 4 is 0 Å². The monoisotopic (exact) mass is 320 g/mol. The zero-order chi connectivity index (χ0) is 16.2. The van der Waals surface area contributed by atoms with Gasteiger partial charge in [-0.2, -0.15) is 0 Å². The second kappa shape index (κ2) is 6.93. The van der Waals surface area contributed by atoms with Crippen LogP contribution in [0.25, 0.3) is 0 Å². The minimum absolute atomic E-state index is 0.337. The summed E-state index contributed by atoms with van der Waals surface area (Å²) in [6.07, 6.45) is 5.45. The molecule has 4 rings (SSSR count). The Labute approximate surface area is 141 Å². The Kier molecular flexibility index (Phi) is 4.34. The van der Waals surface area contributed by atoms with E-state index in [1.807, 2.05) is 30.6 Å². The largest absolute Gasteiger partial charge is 0.425 e. The highest BCUT2D eigenvalue weighted by Crippen LogP contribution is 2.27. The molecule has 0 N–H and O–H groups in total. The van der Waals surface area contributed by atoms with Crippen molar-refractivity contribution in [2.24, 2.45) is 0 Å². The van der Waals surface area contributed by atoms with Gasteiger partial charge in [-0.25, -0.2) is 0 Å². The molecule has 3 heterocycles. The van der Waals surface area contributed by atoms with Gasteiger partial charge in [0.15, 0.2) is 0 Å². The van der Waals surface area contributed by atoms with E-state index in [9.17, 15) is 0 Å². The molecule has 0 radical (unpaired) electrons. The third-order valence-electron chi connectivity index (χ3n) is 4.46. The molecule has 1 saturated heterocycles. The molecule has 1 aliphatic rings. The molecule has 0 unspecified atom stereocenters. The molecule has 1 aromatic carbocycles. The van der Waals surface area contributed by atoms with Gasteiger partial charge in [0, 0.05) is 25.5 Å². The Morgan fingerprint density at radius 2 is 1.83 bits per heavy atom. The first-order valence-electron chi connectivity index (χ1n) is 8.34. The predicted molar refractivity (Wildman–Crippen MR) is 90.4 cm³/mol. The van der Waals surface area contributed by atoms with E-state index in [0.29, 0.717) is 18.2 Å². The molecule has 0 amide bonds. The number of rotatable bonds is 5. The zero-order valence-electron chi connectivity index (χ0n) is 13.5. The van der Waals surface area contributed by atoms with Gasteiger partial charge in [0.1, 0.15) is 0 Å². The summed E-state index contributed by atoms with van der Waals surface area (Å²) in [6, 6.07) is 14.4. The van der Waals surface area contributed by atoms with Crippen molar-refractivity contribution in [3.05, 3.63) is 77.8 Å². The van der Waals surface area contributed by atoms with E-state index in [2.05, 4.69) is 44.3 Å². The summed E-state index contributed by atoms with van der Waals surface area (Å²) >= 11 is 0. The second-order valence-electron chi connectivity index (χ2n) is 6.27. The molecule has 122 valence electrons. The lowest BCUT2D eigenvalue weighted by atomic mass is 10.1. The lowest BCUT2D eigenvalue weighted by molar-refractivity contribution is 0.318. The van der Waals surface area contributed by atoms with E-state index >= 15 is 0 Å². The maximum absolute atomic E-state index is 5.91. The lowest BCUT2D eigenvalue weighted by Gasteiger charge is -2.14. The van der Waals surface area contributed by atoms with Crippen LogP contribution in [-0.4, -0.2) is 33.2 Å². The van der Waals surface area contributed by atoms with Gasteiger partial charge >= 0.3 is 0 Å². The molecule has 5 nitrogen and oxygen atoms in total. The molecule has 0 aliphatic carbocycles. The number of pyridine rings is 1. The Morgan fingerprint density at radius 1 is 1.00 bits per heavy atom. The van der Waals surface area contributed by atoms with Crippen LogP contribution in [0.3, 0.4) is 0 Å². The van der Waals surface area contributed by atoms with Crippen LogP contribution in [0.1, 0.15) is 35.2 Å². The minimum atomic E-state index is 0.337. The van der Waals surface area contributed by atoms with Gasteiger partial charge in [0.2, 0.25) is 11.8 Å². The molecular formula is C19H20N4O. The molecule has 24 heavy (non-hydrogen) atoms. The third-order valence-corrected chi connectivity index (χ3v) is 4.46. The Balaban J connectivity index is 1.37. The number of hydrogen-bond acceptors (Lipinski definition) is 5. The van der Waals surface area contributed by atoms with Gasteiger partial charge in [-0.05, 0) is 36.2 Å². The summed E-state index contributed by atoms with van der Waals surface area (Å²) < 4.78 is 5.91. The van der Waals surface area contributed by atoms with Gasteiger partial charge in [-0.15, -0.1) is 10.2 Å². The summed E-state index contributed by atoms with van der Waals surface area (Å²) in [5, 5.41) is 8.50. The highest BCUT2D eigenvalue weighted by molar-refractivity contribution is 5.18. The Bertz CT molecular complexity index is 772. The van der Waals surface area contributed by atoms with Crippen LogP contribution in [0.2, 0.25) is 0 Å². The molecule has 2 aromatic heterocycles. The van der Waals surface area contributed by atoms with Gasteiger partial charge in [0.05, 0.1) is 12.3 Å². The number of nitrogens with zero attached hydrogens (tertiary/aromatic N) is 4. The fraction of sp³-hybridized carbons (Fsp3) is 0.316. The molecule has 1 atom stereocenters. The van der Waals surface area contributed by atoms with E-state index in [0.717, 1.165) is 31.9 Å². The first kappa shape index (κ1) is 15.0. The molecule has 5 heteroatoms. The number of aromatic nitrogens is 3. The van der Waals surface area contributed by atoms with Crippen molar-refractivity contribution in [2.75, 3.05) is 13.1 Å². The van der Waals surface area contributed by atoms with Crippen molar-refractivity contribution < 1.29 is 4.42 Å². The second-order valence-corrected chi connectivity index (χ2v) is 6.27. The molecule has 0 spiro atoms. The summed E-state index contributed by atoms with van der Waals surface area (Å²) in [4.78, 5) is 6.50. The summed E-state index contributed by atoms with van der Waals surface area (Å²) in [5.41, 5.74) is 2.49. The van der Waals surface area contributed by atoms with Gasteiger partial charge in [-0.1, -0.05) is 30.3 Å². The van der Waals surface area contributed by atoms with E-state index in [4.69, 9.17) is 4.42 Å². The van der Waals surface area contributed by atoms with Crippen molar-refractivity contribution in [1.29, 1.82) is 0 Å². The Morgan fingerprint density at radius 3 is 2.67 bits per heavy atom. The zero-order valence-corrected chi connectivity index (χ0v) is 13.5. The van der Waals surface area contributed by atoms with Crippen LogP contribution in [0.5, 0.6) is 0 Å². The standard InChI is InChI=1S/C19H20N4O/c1-2-4-15(5-3-1)12-18-21-22-19(24-18)17-8-11-23(14-17)13-16-6-9-20-10-7-16/h1-7,9-10,17H,8,11-14H2/t17-/m0/s1. The molecule has 3 aromatic rings. The molecule has 1 fully saturated rings. The lowest BCUT2D eigenvalue weighted by Crippen LogP contribution is -2.19. The quantitative estimate of drug-likeness (QED) is 0.723. The first-order valence-corrected chi connectivity index (χ1v) is 8.34. The molecular weight excluding hydrogens is 300 g/mol. The van der Waals surface area contributed by atoms with Crippen molar-refractivity contribution in [3.63, 3.8) is 0 Å². The maximum atomic E-state index is 5.91. The topological polar surface area (TPSA) is 55.1 Å². The van der Waals surface area contributed by atoms with Gasteiger partial charge in [-0.3, -0.25) is 9.88 Å². The normalized spacial score (nSPS) is 18.1. The van der Waals surface area contributed by atoms with E-state index < -0.39 is 0 Å². The number of benzene rings is 1. The van der Waals surface area contributed by atoms with Crippen molar-refractivity contribution in [2.45, 2.75) is 25.3 Å². The summed E-state index contributed by atoms with van der Waals surface area (Å²) in [6.45, 7) is 2.97. The first-order chi connectivity index (χ1) is 11.9. The number of hydrogen-bond donors (Lipinski definition) is 0. The van der Waals surface area contributed by atoms with E-state index in [-0.39, 0.29) is 0 Å². The van der Waals surface area contributed by atoms with E-state index in [1.54, 1.807) is 0 Å². The van der Waals surface area contributed by atoms with Gasteiger partial charge in [0.25, 0.3) is 0 Å². The average molecular weight is 320 g/mol. The molecule has 0 saturated carbocycles. The van der Waals surface area contributed by atoms with Crippen LogP contribution in [0, 0.1) is 0 Å². The molecule has 0 bridgehead atoms. The van der Waals surface area contributed by atoms with Crippen molar-refractivity contribution in [1.82, 2.24) is 20.1 Å². The maximum Gasteiger partial charge on any atom is 0.220 e. The molecule has 1 aliphatic heterocycles. The fourth-order valence-corrected chi connectivity index (χ4v) is 3.20. The van der Waals surface area contributed by atoms with E-state index in [1.165, 1.54) is 11.1 Å². The SMILES string of the molecule is c1ccc(Cc2nnc([C@H]3CCN(Cc4ccncc4)C3)o2)cc1. The Hall–Kier alpha value is -2.53. The highest BCUT2D eigenvalue weighted by atomic mass is 16.4. The highest BCUT2D eigenvalue weighted by Gasteiger charge is 2.28. The van der Waals surface area contributed by atoms with Crippen LogP contribution in [0.4, 0.5) is 0 Å². The fourth-order valence-electron chi connectivity index (χ4n) is 3.20. The van der Waals surface area contributed by atoms with Crippen LogP contribution < -0.4 is 0 Å². The van der Waals surface area contributed by atoms with Crippen molar-refractivity contribution in [3.8, 4) is 0 Å². The smallest absolute Gasteiger partial charge is 0.220 e. The van der Waals surface area contributed by atoms with Crippen LogP contribution in [0.15, 0.2) is 59.3 Å². The third kappa shape index (κ3) is 3.51. The summed E-state index contributed by atoms with van der Waals surface area (Å²) in [5.74, 6) is 1.81. The van der Waals surface area contributed by atoms with Crippen LogP contribution >= 0.6 is 0 Å².